The van der Waals surface area contributed by atoms with Gasteiger partial charge in [0.25, 0.3) is 0 Å². The van der Waals surface area contributed by atoms with Crippen molar-refractivity contribution in [2.75, 3.05) is 20.6 Å². The van der Waals surface area contributed by atoms with Crippen LogP contribution in [0.1, 0.15) is 50.9 Å². The van der Waals surface area contributed by atoms with Gasteiger partial charge in [0.2, 0.25) is 0 Å². The smallest absolute Gasteiger partial charge is 0.123 e. The summed E-state index contributed by atoms with van der Waals surface area (Å²) in [5.41, 5.74) is 9.80. The van der Waals surface area contributed by atoms with Gasteiger partial charge in [0, 0.05) is 5.56 Å². The molecule has 0 atom stereocenters. The Morgan fingerprint density at radius 3 is 1.80 bits per heavy atom. The average molecular weight is 585 g/mol. The number of nitrogens with zero attached hydrogens (tertiary/aromatic N) is 2. The molecule has 5 aromatic carbocycles. The largest absolute Gasteiger partial charge is 0.411 e. The number of ether oxygens (including phenoxy) is 1. The molecule has 1 N–H and O–H groups in total. The van der Waals surface area contributed by atoms with Crippen LogP contribution in [0, 0.1) is 5.82 Å². The van der Waals surface area contributed by atoms with E-state index in [2.05, 4.69) is 115 Å². The van der Waals surface area contributed by atoms with Gasteiger partial charge in [0.1, 0.15) is 5.82 Å². The van der Waals surface area contributed by atoms with Gasteiger partial charge < -0.3 is 14.8 Å². The SMILES string of the molecule is CN(C)CCCc1c(C=NO)c(-c2ccc(F)cc2)c2c(c1C(c1ccccc1)(c1ccccc1)c1ccccc1)COC2. The first kappa shape index (κ1) is 29.5. The van der Waals surface area contributed by atoms with Gasteiger partial charge in [-0.3, -0.25) is 0 Å². The molecule has 0 saturated carbocycles. The summed E-state index contributed by atoms with van der Waals surface area (Å²) in [6.45, 7) is 1.75. The zero-order valence-electron chi connectivity index (χ0n) is 25.2. The van der Waals surface area contributed by atoms with Gasteiger partial charge in [0.15, 0.2) is 0 Å². The molecule has 6 rings (SSSR count). The van der Waals surface area contributed by atoms with Crippen molar-refractivity contribution < 1.29 is 14.3 Å². The Morgan fingerprint density at radius 1 is 0.773 bits per heavy atom. The van der Waals surface area contributed by atoms with Gasteiger partial charge >= 0.3 is 0 Å². The number of oxime groups is 1. The molecule has 0 fully saturated rings. The monoisotopic (exact) mass is 584 g/mol. The minimum atomic E-state index is -0.700. The first-order chi connectivity index (χ1) is 21.6. The Kier molecular flexibility index (Phi) is 8.69. The van der Waals surface area contributed by atoms with E-state index in [1.54, 1.807) is 18.3 Å². The highest BCUT2D eigenvalue weighted by Gasteiger charge is 2.44. The second-order valence-corrected chi connectivity index (χ2v) is 11.6. The summed E-state index contributed by atoms with van der Waals surface area (Å²) in [5, 5.41) is 13.8. The normalized spacial score (nSPS) is 13.1. The summed E-state index contributed by atoms with van der Waals surface area (Å²) >= 11 is 0. The lowest BCUT2D eigenvalue weighted by atomic mass is 9.61. The van der Waals surface area contributed by atoms with E-state index < -0.39 is 5.41 Å². The fourth-order valence-electron chi connectivity index (χ4n) is 6.93. The van der Waals surface area contributed by atoms with Gasteiger partial charge in [-0.05, 0) is 95.7 Å². The van der Waals surface area contributed by atoms with Crippen molar-refractivity contribution in [3.05, 3.63) is 166 Å². The maximum atomic E-state index is 14.1. The molecule has 0 bridgehead atoms. The lowest BCUT2D eigenvalue weighted by molar-refractivity contribution is 0.134. The summed E-state index contributed by atoms with van der Waals surface area (Å²) < 4.78 is 20.4. The molecule has 0 aliphatic carbocycles. The molecule has 0 spiro atoms. The first-order valence-corrected chi connectivity index (χ1v) is 15.1. The number of rotatable bonds is 10. The summed E-state index contributed by atoms with van der Waals surface area (Å²) in [6.07, 6.45) is 3.20. The minimum absolute atomic E-state index is 0.293. The zero-order chi connectivity index (χ0) is 30.5. The summed E-state index contributed by atoms with van der Waals surface area (Å²) in [7, 11) is 4.17. The van der Waals surface area contributed by atoms with Crippen molar-refractivity contribution in [3.8, 4) is 11.1 Å². The van der Waals surface area contributed by atoms with E-state index in [-0.39, 0.29) is 5.82 Å². The number of hydrogen-bond donors (Lipinski definition) is 1. The standard InChI is InChI=1S/C39H37FN2O2/c1-42(2)24-12-19-33-34(25-41-43)37(28-20-22-32(40)23-21-28)35-26-44-27-36(35)38(33)39(29-13-6-3-7-14-29,30-15-8-4-9-16-30)31-17-10-5-11-18-31/h3-11,13-18,20-23,25,43H,12,19,24,26-27H2,1-2H3. The van der Waals surface area contributed by atoms with E-state index in [4.69, 9.17) is 4.74 Å². The number of halogens is 1. The quantitative estimate of drug-likeness (QED) is 0.0779. The molecule has 1 heterocycles. The Hall–Kier alpha value is -4.58. The van der Waals surface area contributed by atoms with Crippen molar-refractivity contribution in [2.24, 2.45) is 5.16 Å². The molecule has 44 heavy (non-hydrogen) atoms. The maximum Gasteiger partial charge on any atom is 0.123 e. The van der Waals surface area contributed by atoms with Crippen LogP contribution in [0.2, 0.25) is 0 Å². The highest BCUT2D eigenvalue weighted by molar-refractivity contribution is 5.95. The molecule has 5 heteroatoms. The second-order valence-electron chi connectivity index (χ2n) is 11.6. The van der Waals surface area contributed by atoms with Crippen molar-refractivity contribution in [1.29, 1.82) is 0 Å². The molecule has 0 radical (unpaired) electrons. The average Bonchev–Trinajstić information content (AvgIpc) is 3.54. The van der Waals surface area contributed by atoms with E-state index in [0.717, 1.165) is 75.0 Å². The maximum absolute atomic E-state index is 14.1. The van der Waals surface area contributed by atoms with Gasteiger partial charge in [-0.1, -0.05) is 108 Å². The van der Waals surface area contributed by atoms with Crippen LogP contribution in [-0.2, 0) is 29.8 Å². The number of benzene rings is 5. The third kappa shape index (κ3) is 5.34. The van der Waals surface area contributed by atoms with Crippen LogP contribution in [0.4, 0.5) is 4.39 Å². The molecule has 5 aromatic rings. The predicted molar refractivity (Wildman–Crippen MR) is 175 cm³/mol. The zero-order valence-corrected chi connectivity index (χ0v) is 25.2. The Labute approximate surface area is 259 Å². The summed E-state index contributed by atoms with van der Waals surface area (Å²) in [5.74, 6) is -0.293. The Morgan fingerprint density at radius 2 is 1.30 bits per heavy atom. The minimum Gasteiger partial charge on any atom is -0.411 e. The molecule has 1 aliphatic heterocycles. The third-order valence-corrected chi connectivity index (χ3v) is 8.70. The molecular weight excluding hydrogens is 547 g/mol. The first-order valence-electron chi connectivity index (χ1n) is 15.1. The highest BCUT2D eigenvalue weighted by atomic mass is 19.1. The van der Waals surface area contributed by atoms with Crippen LogP contribution in [0.25, 0.3) is 11.1 Å². The molecular formula is C39H37FN2O2. The van der Waals surface area contributed by atoms with E-state index in [1.165, 1.54) is 12.1 Å². The van der Waals surface area contributed by atoms with Crippen LogP contribution in [0.15, 0.2) is 120 Å². The number of hydrogen-bond acceptors (Lipinski definition) is 4. The van der Waals surface area contributed by atoms with Gasteiger partial charge in [-0.2, -0.15) is 0 Å². The third-order valence-electron chi connectivity index (χ3n) is 8.70. The van der Waals surface area contributed by atoms with Crippen LogP contribution in [0.5, 0.6) is 0 Å². The van der Waals surface area contributed by atoms with Crippen LogP contribution in [0.3, 0.4) is 0 Å². The van der Waals surface area contributed by atoms with E-state index in [9.17, 15) is 9.60 Å². The Bertz CT molecular complexity index is 1640. The van der Waals surface area contributed by atoms with Crippen LogP contribution < -0.4 is 0 Å². The van der Waals surface area contributed by atoms with E-state index in [1.807, 2.05) is 0 Å². The van der Waals surface area contributed by atoms with Crippen molar-refractivity contribution in [3.63, 3.8) is 0 Å². The summed E-state index contributed by atoms with van der Waals surface area (Å²) in [6, 6.07) is 38.6. The van der Waals surface area contributed by atoms with Crippen molar-refractivity contribution in [1.82, 2.24) is 4.90 Å². The second kappa shape index (κ2) is 13.0. The molecule has 0 saturated heterocycles. The van der Waals surface area contributed by atoms with Gasteiger partial charge in [0.05, 0.1) is 24.8 Å². The van der Waals surface area contributed by atoms with Crippen LogP contribution >= 0.6 is 0 Å². The lowest BCUT2D eigenvalue weighted by Gasteiger charge is -2.40. The summed E-state index contributed by atoms with van der Waals surface area (Å²) in [4.78, 5) is 2.19. The van der Waals surface area contributed by atoms with E-state index >= 15 is 0 Å². The topological polar surface area (TPSA) is 45.1 Å². The molecule has 0 unspecified atom stereocenters. The lowest BCUT2D eigenvalue weighted by Crippen LogP contribution is -2.34. The van der Waals surface area contributed by atoms with Crippen molar-refractivity contribution >= 4 is 6.21 Å². The molecule has 0 amide bonds. The van der Waals surface area contributed by atoms with Crippen LogP contribution in [-0.4, -0.2) is 37.0 Å². The molecule has 1 aliphatic rings. The van der Waals surface area contributed by atoms with E-state index in [0.29, 0.717) is 13.2 Å². The highest BCUT2D eigenvalue weighted by Crippen LogP contribution is 2.52. The molecule has 4 nitrogen and oxygen atoms in total. The Balaban J connectivity index is 1.81. The van der Waals surface area contributed by atoms with Gasteiger partial charge in [-0.25, -0.2) is 4.39 Å². The van der Waals surface area contributed by atoms with Crippen molar-refractivity contribution in [2.45, 2.75) is 31.5 Å². The predicted octanol–water partition coefficient (Wildman–Crippen LogP) is 8.21. The fraction of sp³-hybridized carbons (Fsp3) is 0.205. The molecule has 222 valence electrons. The number of fused-ring (bicyclic) bond motifs is 1. The molecule has 0 aromatic heterocycles. The fourth-order valence-corrected chi connectivity index (χ4v) is 6.93. The van der Waals surface area contributed by atoms with Gasteiger partial charge in [-0.15, -0.1) is 0 Å².